The maximum Gasteiger partial charge on any atom is 1.00 e. The van der Waals surface area contributed by atoms with E-state index >= 15 is 0 Å². The number of hydrogen-bond acceptors (Lipinski definition) is 4. The molecule has 0 saturated heterocycles. The van der Waals surface area contributed by atoms with E-state index < -0.39 is 11.9 Å². The van der Waals surface area contributed by atoms with Crippen LogP contribution >= 0.6 is 0 Å². The molecule has 2 N–H and O–H groups in total. The van der Waals surface area contributed by atoms with Crippen LogP contribution in [0.4, 0.5) is 0 Å². The first-order chi connectivity index (χ1) is 13.8. The Morgan fingerprint density at radius 2 is 1.57 bits per heavy atom. The number of carboxylic acids is 2. The molecule has 0 aromatic heterocycles. The Kier molecular flexibility index (Phi) is 15.9. The first kappa shape index (κ1) is 28.8. The van der Waals surface area contributed by atoms with Crippen molar-refractivity contribution in [1.29, 1.82) is 0 Å². The van der Waals surface area contributed by atoms with Crippen molar-refractivity contribution in [1.82, 2.24) is 4.90 Å². The zero-order valence-electron chi connectivity index (χ0n) is 19.7. The summed E-state index contributed by atoms with van der Waals surface area (Å²) >= 11 is 0. The second-order valence-corrected chi connectivity index (χ2v) is 7.77. The van der Waals surface area contributed by atoms with E-state index in [9.17, 15) is 9.59 Å². The van der Waals surface area contributed by atoms with E-state index in [4.69, 9.17) is 14.9 Å². The molecule has 0 aliphatic heterocycles. The van der Waals surface area contributed by atoms with Crippen LogP contribution in [0.2, 0.25) is 0 Å². The van der Waals surface area contributed by atoms with Gasteiger partial charge >= 0.3 is 41.5 Å². The number of aliphatic carboxylic acids is 2. The third-order valence-electron chi connectivity index (χ3n) is 4.91. The van der Waals surface area contributed by atoms with E-state index in [1.54, 1.807) is 0 Å². The normalized spacial score (nSPS) is 15.6. The Bertz CT molecular complexity index is 616. The third kappa shape index (κ3) is 13.9. The minimum Gasteiger partial charge on any atom is -1.00 e. The van der Waals surface area contributed by atoms with Gasteiger partial charge in [0.15, 0.2) is 0 Å². The van der Waals surface area contributed by atoms with Crippen molar-refractivity contribution >= 4 is 11.9 Å². The second-order valence-electron chi connectivity index (χ2n) is 7.77. The van der Waals surface area contributed by atoms with Crippen LogP contribution in [0.3, 0.4) is 0 Å². The first-order valence-electron chi connectivity index (χ1n) is 10.3. The number of ether oxygens (including phenoxy) is 1. The number of carbonyl (C=O) groups is 2. The van der Waals surface area contributed by atoms with Crippen LogP contribution in [-0.2, 0) is 20.7 Å². The van der Waals surface area contributed by atoms with Gasteiger partial charge in [-0.05, 0) is 45.5 Å². The predicted molar refractivity (Wildman–Crippen MR) is 115 cm³/mol. The summed E-state index contributed by atoms with van der Waals surface area (Å²) < 4.78 is 6.48. The maximum absolute atomic E-state index is 9.55. The van der Waals surface area contributed by atoms with Crippen LogP contribution in [0.5, 0.6) is 0 Å². The quantitative estimate of drug-likeness (QED) is 0.265. The minimum absolute atomic E-state index is 0. The molecule has 0 heterocycles. The number of carboxylic acid groups (broad SMARTS) is 2. The van der Waals surface area contributed by atoms with Crippen molar-refractivity contribution in [3.8, 4) is 0 Å². The Labute approximate surface area is 204 Å². The van der Waals surface area contributed by atoms with Gasteiger partial charge in [-0.1, -0.05) is 56.0 Å². The molecule has 1 saturated carbocycles. The number of benzene rings is 1. The van der Waals surface area contributed by atoms with Crippen molar-refractivity contribution in [2.24, 2.45) is 0 Å². The molecule has 6 nitrogen and oxygen atoms in total. The standard InChI is InChI=1S/C19H31NO.C4H4O4.Na.H/c1-20(2)15-10-16-21-19(13-8-3-4-9-14-19)17-18-11-6-5-7-12-18;5-3(6)1-2-4(7)8;;/h5-7,11-12H,3-4,8-10,13-17H2,1-2H3;1-2H,(H,5,6)(H,7,8);;/q;;+1;-1/b;2-1+;;. The van der Waals surface area contributed by atoms with Crippen LogP contribution in [0.25, 0.3) is 0 Å². The first-order valence-corrected chi connectivity index (χ1v) is 10.3. The summed E-state index contributed by atoms with van der Waals surface area (Å²) in [5, 5.41) is 15.6. The second kappa shape index (κ2) is 16.5. The average molecular weight is 430 g/mol. The molecule has 1 aliphatic rings. The van der Waals surface area contributed by atoms with Crippen LogP contribution < -0.4 is 29.6 Å². The van der Waals surface area contributed by atoms with E-state index in [0.29, 0.717) is 12.2 Å². The molecule has 1 aromatic carbocycles. The summed E-state index contributed by atoms with van der Waals surface area (Å²) in [4.78, 5) is 21.3. The summed E-state index contributed by atoms with van der Waals surface area (Å²) in [6, 6.07) is 10.9. The third-order valence-corrected chi connectivity index (χ3v) is 4.91. The van der Waals surface area contributed by atoms with Crippen molar-refractivity contribution < 1.29 is 55.5 Å². The molecule has 0 atom stereocenters. The van der Waals surface area contributed by atoms with Crippen molar-refractivity contribution in [2.75, 3.05) is 27.2 Å². The van der Waals surface area contributed by atoms with E-state index in [1.165, 1.54) is 44.1 Å². The monoisotopic (exact) mass is 429 g/mol. The van der Waals surface area contributed by atoms with Gasteiger partial charge in [-0.25, -0.2) is 9.59 Å². The summed E-state index contributed by atoms with van der Waals surface area (Å²) in [5.41, 5.74) is 1.51. The molecule has 164 valence electrons. The molecule has 1 aliphatic carbocycles. The molecule has 0 unspecified atom stereocenters. The van der Waals surface area contributed by atoms with Crippen molar-refractivity contribution in [3.05, 3.63) is 48.0 Å². The van der Waals surface area contributed by atoms with Crippen molar-refractivity contribution in [3.63, 3.8) is 0 Å². The molecular formula is C23H36NNaO5. The molecular weight excluding hydrogens is 393 g/mol. The van der Waals surface area contributed by atoms with E-state index in [1.807, 2.05) is 0 Å². The zero-order valence-corrected chi connectivity index (χ0v) is 20.7. The Hall–Kier alpha value is -1.18. The maximum atomic E-state index is 9.55. The number of rotatable bonds is 9. The van der Waals surface area contributed by atoms with Gasteiger partial charge in [0.2, 0.25) is 0 Å². The van der Waals surface area contributed by atoms with Gasteiger partial charge in [0.25, 0.3) is 0 Å². The minimum atomic E-state index is -1.26. The molecule has 1 fully saturated rings. The van der Waals surface area contributed by atoms with Gasteiger partial charge in [0.05, 0.1) is 5.60 Å². The largest absolute Gasteiger partial charge is 1.00 e. The molecule has 0 bridgehead atoms. The smallest absolute Gasteiger partial charge is 1.00 e. The topological polar surface area (TPSA) is 87.1 Å². The average Bonchev–Trinajstić information content (AvgIpc) is 2.91. The van der Waals surface area contributed by atoms with Crippen LogP contribution in [0, 0.1) is 0 Å². The summed E-state index contributed by atoms with van der Waals surface area (Å²) in [7, 11) is 4.26. The van der Waals surface area contributed by atoms with Gasteiger partial charge in [0.1, 0.15) is 0 Å². The molecule has 7 heteroatoms. The van der Waals surface area contributed by atoms with Gasteiger partial charge in [-0.3, -0.25) is 0 Å². The van der Waals surface area contributed by atoms with Gasteiger partial charge in [-0.15, -0.1) is 0 Å². The van der Waals surface area contributed by atoms with E-state index in [0.717, 1.165) is 26.0 Å². The predicted octanol–water partition coefficient (Wildman–Crippen LogP) is 1.12. The molecule has 0 amide bonds. The Morgan fingerprint density at radius 3 is 2.03 bits per heavy atom. The molecule has 0 radical (unpaired) electrons. The van der Waals surface area contributed by atoms with Crippen LogP contribution in [-0.4, -0.2) is 59.9 Å². The zero-order chi connectivity index (χ0) is 21.5. The molecule has 1 aromatic rings. The molecule has 2 rings (SSSR count). The number of nitrogens with zero attached hydrogens (tertiary/aromatic N) is 1. The van der Waals surface area contributed by atoms with Gasteiger partial charge in [-0.2, -0.15) is 0 Å². The summed E-state index contributed by atoms with van der Waals surface area (Å²) in [6.07, 6.45) is 11.2. The van der Waals surface area contributed by atoms with E-state index in [-0.39, 0.29) is 36.6 Å². The number of hydrogen-bond donors (Lipinski definition) is 2. The van der Waals surface area contributed by atoms with E-state index in [2.05, 4.69) is 49.3 Å². The fourth-order valence-corrected chi connectivity index (χ4v) is 3.52. The van der Waals surface area contributed by atoms with Gasteiger partial charge < -0.3 is 21.3 Å². The fraction of sp³-hybridized carbons (Fsp3) is 0.565. The fourth-order valence-electron chi connectivity index (χ4n) is 3.52. The van der Waals surface area contributed by atoms with Crippen molar-refractivity contribution in [2.45, 2.75) is 57.0 Å². The van der Waals surface area contributed by atoms with Crippen LogP contribution in [0.1, 0.15) is 51.9 Å². The van der Waals surface area contributed by atoms with Crippen LogP contribution in [0.15, 0.2) is 42.5 Å². The SMILES string of the molecule is CN(C)CCCOC1(Cc2ccccc2)CCCCCC1.O=C(O)/C=C/C(=O)O.[H-].[Na+]. The summed E-state index contributed by atoms with van der Waals surface area (Å²) in [5.74, 6) is -2.51. The Morgan fingerprint density at radius 1 is 1.03 bits per heavy atom. The molecule has 30 heavy (non-hydrogen) atoms. The summed E-state index contributed by atoms with van der Waals surface area (Å²) in [6.45, 7) is 2.01. The Balaban J connectivity index is 0. The molecule has 0 spiro atoms. The van der Waals surface area contributed by atoms with Gasteiger partial charge in [0, 0.05) is 25.2 Å².